The molecule has 12 heteroatoms. The molecule has 0 saturated heterocycles. The summed E-state index contributed by atoms with van der Waals surface area (Å²) in [6.45, 7) is 9.44. The van der Waals surface area contributed by atoms with Crippen molar-refractivity contribution in [3.05, 3.63) is 17.8 Å². The number of hydrogen-bond acceptors (Lipinski definition) is 7. The summed E-state index contributed by atoms with van der Waals surface area (Å²) in [6, 6.07) is -1.78. The number of aromatic nitrogens is 1. The van der Waals surface area contributed by atoms with Crippen molar-refractivity contribution in [1.82, 2.24) is 20.9 Å². The number of rotatable bonds is 11. The van der Waals surface area contributed by atoms with E-state index in [4.69, 9.17) is 20.3 Å². The predicted molar refractivity (Wildman–Crippen MR) is 116 cm³/mol. The van der Waals surface area contributed by atoms with Crippen LogP contribution in [0.3, 0.4) is 0 Å². The van der Waals surface area contributed by atoms with Gasteiger partial charge in [-0.2, -0.15) is 0 Å². The zero-order chi connectivity index (χ0) is 24.5. The number of guanidine groups is 1. The van der Waals surface area contributed by atoms with E-state index in [1.165, 1.54) is 0 Å². The van der Waals surface area contributed by atoms with Crippen LogP contribution in [0, 0.1) is 11.3 Å². The number of carbonyl (C=O) groups is 3. The molecule has 1 heterocycles. The highest BCUT2D eigenvalue weighted by molar-refractivity contribution is 5.94. The van der Waals surface area contributed by atoms with Crippen molar-refractivity contribution >= 4 is 23.9 Å². The Morgan fingerprint density at radius 3 is 2.47 bits per heavy atom. The third-order valence-corrected chi connectivity index (χ3v) is 4.04. The Bertz CT molecular complexity index is 801. The Morgan fingerprint density at radius 1 is 1.28 bits per heavy atom. The molecule has 32 heavy (non-hydrogen) atoms. The van der Waals surface area contributed by atoms with Crippen LogP contribution in [0.5, 0.6) is 0 Å². The smallest absolute Gasteiger partial charge is 0.408 e. The van der Waals surface area contributed by atoms with Crippen molar-refractivity contribution in [3.63, 3.8) is 0 Å². The van der Waals surface area contributed by atoms with Crippen molar-refractivity contribution in [2.45, 2.75) is 71.6 Å². The zero-order valence-corrected chi connectivity index (χ0v) is 19.2. The fourth-order valence-electron chi connectivity index (χ4n) is 2.71. The van der Waals surface area contributed by atoms with Crippen molar-refractivity contribution in [2.24, 2.45) is 11.7 Å². The van der Waals surface area contributed by atoms with E-state index in [0.29, 0.717) is 19.4 Å². The van der Waals surface area contributed by atoms with Crippen LogP contribution in [0.15, 0.2) is 10.7 Å². The van der Waals surface area contributed by atoms with Crippen LogP contribution >= 0.6 is 0 Å². The molecular formula is C20H34N6O6. The van der Waals surface area contributed by atoms with Crippen LogP contribution in [-0.4, -0.2) is 52.2 Å². The molecule has 1 rings (SSSR count). The number of alkyl carbamates (subject to hydrolysis) is 1. The lowest BCUT2D eigenvalue weighted by Crippen LogP contribution is -2.41. The highest BCUT2D eigenvalue weighted by Crippen LogP contribution is 2.22. The standard InChI is InChI=1S/C20H34N6O6/c1-11(2)9-13(26-19(30)32-20(3,4)5)16-25-14(10-31-16)15(27)24-12(17(28)29)7-6-8-23-18(21)22/h10-13H,6-9H2,1-5H3,(H,24,27)(H,26,30)(H,28,29)(H4,21,22,23)/t12?,13-/m0/s1. The van der Waals surface area contributed by atoms with E-state index in [2.05, 4.69) is 20.9 Å². The molecule has 0 saturated carbocycles. The molecule has 180 valence electrons. The van der Waals surface area contributed by atoms with E-state index in [1.54, 1.807) is 20.8 Å². The van der Waals surface area contributed by atoms with Crippen LogP contribution in [0.1, 0.15) is 76.3 Å². The van der Waals surface area contributed by atoms with Gasteiger partial charge in [-0.15, -0.1) is 0 Å². The normalized spacial score (nSPS) is 13.2. The third-order valence-electron chi connectivity index (χ3n) is 4.04. The SMILES string of the molecule is CC(C)C[C@H](NC(=O)OC(C)(C)C)c1nc(C(=O)NC(CCCNC(=N)N)C(=O)O)co1. The maximum absolute atomic E-state index is 12.5. The molecule has 0 radical (unpaired) electrons. The van der Waals surface area contributed by atoms with E-state index in [-0.39, 0.29) is 29.9 Å². The number of carboxylic acids is 1. The molecule has 0 fully saturated rings. The Balaban J connectivity index is 2.83. The van der Waals surface area contributed by atoms with Gasteiger partial charge in [0, 0.05) is 6.54 Å². The molecule has 12 nitrogen and oxygen atoms in total. The van der Waals surface area contributed by atoms with Crippen LogP contribution in [-0.2, 0) is 9.53 Å². The summed E-state index contributed by atoms with van der Waals surface area (Å²) in [7, 11) is 0. The van der Waals surface area contributed by atoms with Crippen LogP contribution in [0.2, 0.25) is 0 Å². The van der Waals surface area contributed by atoms with E-state index in [1.807, 2.05) is 13.8 Å². The summed E-state index contributed by atoms with van der Waals surface area (Å²) in [4.78, 5) is 40.3. The van der Waals surface area contributed by atoms with Gasteiger partial charge in [0.05, 0.1) is 0 Å². The van der Waals surface area contributed by atoms with Gasteiger partial charge in [-0.05, 0) is 46.0 Å². The average Bonchev–Trinajstić information content (AvgIpc) is 3.11. The molecule has 2 atom stereocenters. The summed E-state index contributed by atoms with van der Waals surface area (Å²) in [6.07, 6.45) is 1.46. The fourth-order valence-corrected chi connectivity index (χ4v) is 2.71. The van der Waals surface area contributed by atoms with Crippen molar-refractivity contribution in [3.8, 4) is 0 Å². The molecule has 1 aromatic rings. The first-order chi connectivity index (χ1) is 14.8. The molecule has 2 amide bonds. The lowest BCUT2D eigenvalue weighted by atomic mass is 10.0. The van der Waals surface area contributed by atoms with Crippen LogP contribution in [0.25, 0.3) is 0 Å². The number of nitrogens with one attached hydrogen (secondary N) is 4. The first kappa shape index (κ1) is 26.7. The Kier molecular flexibility index (Phi) is 9.95. The maximum Gasteiger partial charge on any atom is 0.408 e. The lowest BCUT2D eigenvalue weighted by molar-refractivity contribution is -0.139. The number of aliphatic carboxylic acids is 1. The van der Waals surface area contributed by atoms with Gasteiger partial charge in [0.25, 0.3) is 5.91 Å². The Labute approximate surface area is 187 Å². The largest absolute Gasteiger partial charge is 0.480 e. The minimum atomic E-state index is -1.20. The van der Waals surface area contributed by atoms with Crippen LogP contribution in [0.4, 0.5) is 4.79 Å². The quantitative estimate of drug-likeness (QED) is 0.164. The van der Waals surface area contributed by atoms with Gasteiger partial charge < -0.3 is 35.9 Å². The summed E-state index contributed by atoms with van der Waals surface area (Å²) < 4.78 is 10.7. The zero-order valence-electron chi connectivity index (χ0n) is 19.2. The van der Waals surface area contributed by atoms with Crippen molar-refractivity contribution in [2.75, 3.05) is 6.54 Å². The topological polar surface area (TPSA) is 193 Å². The molecule has 1 unspecified atom stereocenters. The van der Waals surface area contributed by atoms with Crippen LogP contribution < -0.4 is 21.7 Å². The van der Waals surface area contributed by atoms with Crippen molar-refractivity contribution in [1.29, 1.82) is 5.41 Å². The van der Waals surface area contributed by atoms with Gasteiger partial charge in [-0.3, -0.25) is 10.2 Å². The molecule has 7 N–H and O–H groups in total. The lowest BCUT2D eigenvalue weighted by Gasteiger charge is -2.23. The second-order valence-corrected chi connectivity index (χ2v) is 8.75. The minimum Gasteiger partial charge on any atom is -0.480 e. The van der Waals surface area contributed by atoms with E-state index in [9.17, 15) is 19.5 Å². The second-order valence-electron chi connectivity index (χ2n) is 8.75. The van der Waals surface area contributed by atoms with E-state index in [0.717, 1.165) is 6.26 Å². The Hall–Kier alpha value is -3.31. The van der Waals surface area contributed by atoms with Gasteiger partial charge in [-0.1, -0.05) is 13.8 Å². The Morgan fingerprint density at radius 2 is 1.94 bits per heavy atom. The number of nitrogens with two attached hydrogens (primary N) is 1. The average molecular weight is 455 g/mol. The molecule has 0 aliphatic heterocycles. The number of ether oxygens (including phenoxy) is 1. The molecular weight excluding hydrogens is 420 g/mol. The molecule has 0 spiro atoms. The molecule has 0 bridgehead atoms. The number of nitrogens with zero attached hydrogens (tertiary/aromatic N) is 1. The number of amides is 2. The second kappa shape index (κ2) is 11.9. The van der Waals surface area contributed by atoms with Gasteiger partial charge in [0.2, 0.25) is 5.89 Å². The molecule has 1 aromatic heterocycles. The first-order valence-corrected chi connectivity index (χ1v) is 10.3. The number of oxazole rings is 1. The summed E-state index contributed by atoms with van der Waals surface area (Å²) in [5.41, 5.74) is 4.39. The predicted octanol–water partition coefficient (Wildman–Crippen LogP) is 1.73. The fraction of sp³-hybridized carbons (Fsp3) is 0.650. The monoisotopic (exact) mass is 454 g/mol. The number of hydrogen-bond donors (Lipinski definition) is 6. The maximum atomic E-state index is 12.5. The van der Waals surface area contributed by atoms with E-state index < -0.39 is 35.7 Å². The third kappa shape index (κ3) is 10.1. The van der Waals surface area contributed by atoms with Crippen molar-refractivity contribution < 1.29 is 28.6 Å². The van der Waals surface area contributed by atoms with Gasteiger partial charge in [-0.25, -0.2) is 14.6 Å². The summed E-state index contributed by atoms with van der Waals surface area (Å²) >= 11 is 0. The molecule has 0 aliphatic rings. The van der Waals surface area contributed by atoms with Gasteiger partial charge in [0.1, 0.15) is 23.9 Å². The molecule has 0 aliphatic carbocycles. The van der Waals surface area contributed by atoms with E-state index >= 15 is 0 Å². The highest BCUT2D eigenvalue weighted by Gasteiger charge is 2.27. The summed E-state index contributed by atoms with van der Waals surface area (Å²) in [5.74, 6) is -1.83. The molecule has 0 aromatic carbocycles. The number of carbonyl (C=O) groups excluding carboxylic acids is 2. The summed E-state index contributed by atoms with van der Waals surface area (Å²) in [5, 5.41) is 24.1. The minimum absolute atomic E-state index is 0.104. The number of carboxylic acid groups (broad SMARTS) is 1. The van der Waals surface area contributed by atoms with Gasteiger partial charge >= 0.3 is 12.1 Å². The first-order valence-electron chi connectivity index (χ1n) is 10.3. The highest BCUT2D eigenvalue weighted by atomic mass is 16.6. The van der Waals surface area contributed by atoms with Gasteiger partial charge in [0.15, 0.2) is 11.7 Å².